The fourth-order valence-electron chi connectivity index (χ4n) is 3.39. The van der Waals surface area contributed by atoms with Crippen LogP contribution < -0.4 is 5.32 Å². The Hall–Kier alpha value is -3.07. The third-order valence-electron chi connectivity index (χ3n) is 5.14. The van der Waals surface area contributed by atoms with E-state index in [1.165, 1.54) is 23.8 Å². The number of nitrogens with one attached hydrogen (secondary N) is 1. The van der Waals surface area contributed by atoms with E-state index in [2.05, 4.69) is 10.3 Å². The Morgan fingerprint density at radius 1 is 1.13 bits per heavy atom. The van der Waals surface area contributed by atoms with Gasteiger partial charge in [-0.1, -0.05) is 18.2 Å². The molecule has 2 aromatic heterocycles. The maximum absolute atomic E-state index is 14.1. The minimum atomic E-state index is -3.57. The number of amides is 2. The minimum Gasteiger partial charge on any atom is -0.444 e. The van der Waals surface area contributed by atoms with E-state index in [0.29, 0.717) is 17.0 Å². The highest BCUT2D eigenvalue weighted by atomic mass is 32.1. The second-order valence-electron chi connectivity index (χ2n) is 7.32. The molecular weight excluding hydrogens is 424 g/mol. The molecule has 1 aliphatic rings. The summed E-state index contributed by atoms with van der Waals surface area (Å²) in [6, 6.07) is 9.51. The first-order chi connectivity index (χ1) is 14.9. The van der Waals surface area contributed by atoms with Crippen molar-refractivity contribution in [1.29, 1.82) is 0 Å². The molecule has 0 atom stereocenters. The lowest BCUT2D eigenvalue weighted by Gasteiger charge is -2.25. The average molecular weight is 445 g/mol. The Labute approximate surface area is 181 Å². The molecule has 3 heterocycles. The molecule has 0 saturated carbocycles. The van der Waals surface area contributed by atoms with Gasteiger partial charge in [-0.2, -0.15) is 8.78 Å². The van der Waals surface area contributed by atoms with Gasteiger partial charge >= 0.3 is 5.92 Å². The van der Waals surface area contributed by atoms with Crippen LogP contribution in [0.4, 0.5) is 8.78 Å². The molecule has 0 unspecified atom stereocenters. The fraction of sp³-hybridized carbons (Fsp3) is 0.318. The Morgan fingerprint density at radius 3 is 2.55 bits per heavy atom. The first-order valence-electron chi connectivity index (χ1n) is 9.99. The molecule has 2 amide bonds. The van der Waals surface area contributed by atoms with Crippen molar-refractivity contribution < 1.29 is 22.8 Å². The highest BCUT2D eigenvalue weighted by Crippen LogP contribution is 2.31. The fourth-order valence-corrected chi connectivity index (χ4v) is 4.09. The predicted molar refractivity (Wildman–Crippen MR) is 112 cm³/mol. The van der Waals surface area contributed by atoms with Gasteiger partial charge in [-0.05, 0) is 48.4 Å². The summed E-state index contributed by atoms with van der Waals surface area (Å²) in [4.78, 5) is 30.2. The largest absolute Gasteiger partial charge is 0.444 e. The lowest BCUT2D eigenvalue weighted by molar-refractivity contribution is -0.146. The molecule has 0 aliphatic carbocycles. The van der Waals surface area contributed by atoms with Gasteiger partial charge < -0.3 is 14.6 Å². The van der Waals surface area contributed by atoms with Crippen LogP contribution in [0.15, 0.2) is 52.5 Å². The van der Waals surface area contributed by atoms with E-state index >= 15 is 0 Å². The van der Waals surface area contributed by atoms with Crippen molar-refractivity contribution in [3.8, 4) is 11.5 Å². The van der Waals surface area contributed by atoms with Crippen LogP contribution in [0, 0.1) is 0 Å². The molecule has 3 aromatic rings. The number of carbonyl (C=O) groups is 2. The van der Waals surface area contributed by atoms with Gasteiger partial charge in [-0.3, -0.25) is 9.59 Å². The van der Waals surface area contributed by atoms with Crippen LogP contribution in [0.1, 0.15) is 40.2 Å². The van der Waals surface area contributed by atoms with Crippen molar-refractivity contribution in [3.63, 3.8) is 0 Å². The van der Waals surface area contributed by atoms with E-state index in [4.69, 9.17) is 4.42 Å². The molecule has 1 aliphatic heterocycles. The van der Waals surface area contributed by atoms with Gasteiger partial charge in [0.1, 0.15) is 6.26 Å². The molecule has 0 radical (unpaired) electrons. The van der Waals surface area contributed by atoms with E-state index in [0.717, 1.165) is 43.7 Å². The van der Waals surface area contributed by atoms with Crippen LogP contribution in [0.2, 0.25) is 0 Å². The SMILES string of the molecule is O=C(c1coc(-c2ccc(CNC(=O)C(F)(F)c3cccs3)cc2)n1)N1CCCCC1. The monoisotopic (exact) mass is 445 g/mol. The zero-order valence-corrected chi connectivity index (χ0v) is 17.5. The van der Waals surface area contributed by atoms with Crippen molar-refractivity contribution in [1.82, 2.24) is 15.2 Å². The van der Waals surface area contributed by atoms with Crippen molar-refractivity contribution in [2.24, 2.45) is 0 Å². The lowest BCUT2D eigenvalue weighted by Crippen LogP contribution is -2.37. The van der Waals surface area contributed by atoms with Gasteiger partial charge in [0, 0.05) is 25.2 Å². The average Bonchev–Trinajstić information content (AvgIpc) is 3.51. The maximum atomic E-state index is 14.1. The summed E-state index contributed by atoms with van der Waals surface area (Å²) in [5.41, 5.74) is 1.57. The second kappa shape index (κ2) is 8.97. The number of carbonyl (C=O) groups excluding carboxylic acids is 2. The van der Waals surface area contributed by atoms with Gasteiger partial charge in [0.2, 0.25) is 5.89 Å². The first-order valence-corrected chi connectivity index (χ1v) is 10.9. The minimum absolute atomic E-state index is 0.0373. The highest BCUT2D eigenvalue weighted by molar-refractivity contribution is 7.10. The third-order valence-corrected chi connectivity index (χ3v) is 6.08. The number of rotatable bonds is 6. The molecule has 0 bridgehead atoms. The van der Waals surface area contributed by atoms with Gasteiger partial charge in [-0.15, -0.1) is 11.3 Å². The smallest absolute Gasteiger partial charge is 0.358 e. The number of aromatic nitrogens is 1. The number of thiophene rings is 1. The van der Waals surface area contributed by atoms with Crippen molar-refractivity contribution >= 4 is 23.2 Å². The normalized spacial score (nSPS) is 14.5. The zero-order chi connectivity index (χ0) is 21.8. The summed E-state index contributed by atoms with van der Waals surface area (Å²) in [6.45, 7) is 1.42. The standard InChI is InChI=1S/C22H21F2N3O3S/c23-22(24,18-5-4-12-31-18)21(29)25-13-15-6-8-16(9-7-15)19-26-17(14-30-19)20(28)27-10-2-1-3-11-27/h4-9,12,14H,1-3,10-11,13H2,(H,25,29). The number of hydrogen-bond acceptors (Lipinski definition) is 5. The number of hydrogen-bond donors (Lipinski definition) is 1. The first kappa shape index (κ1) is 21.2. The van der Waals surface area contributed by atoms with Crippen LogP contribution in [-0.4, -0.2) is 34.8 Å². The second-order valence-corrected chi connectivity index (χ2v) is 8.27. The van der Waals surface area contributed by atoms with Crippen molar-refractivity contribution in [3.05, 3.63) is 64.2 Å². The third kappa shape index (κ3) is 4.66. The topological polar surface area (TPSA) is 75.4 Å². The van der Waals surface area contributed by atoms with Crippen LogP contribution in [0.25, 0.3) is 11.5 Å². The summed E-state index contributed by atoms with van der Waals surface area (Å²) in [6.07, 6.45) is 4.47. The van der Waals surface area contributed by atoms with Crippen molar-refractivity contribution in [2.45, 2.75) is 31.7 Å². The Kier molecular flexibility index (Phi) is 6.13. The van der Waals surface area contributed by atoms with Crippen LogP contribution in [0.5, 0.6) is 0 Å². The number of halogens is 2. The number of piperidine rings is 1. The summed E-state index contributed by atoms with van der Waals surface area (Å²) in [5, 5.41) is 3.77. The summed E-state index contributed by atoms with van der Waals surface area (Å²) < 4.78 is 33.7. The quantitative estimate of drug-likeness (QED) is 0.609. The molecular formula is C22H21F2N3O3S. The van der Waals surface area contributed by atoms with Crippen molar-refractivity contribution in [2.75, 3.05) is 13.1 Å². The van der Waals surface area contributed by atoms with E-state index in [-0.39, 0.29) is 23.0 Å². The predicted octanol–water partition coefficient (Wildman–Crippen LogP) is 4.44. The van der Waals surface area contributed by atoms with Crippen LogP contribution >= 0.6 is 11.3 Å². The molecule has 1 N–H and O–H groups in total. The molecule has 4 rings (SSSR count). The molecule has 162 valence electrons. The molecule has 9 heteroatoms. The van der Waals surface area contributed by atoms with E-state index in [9.17, 15) is 18.4 Å². The Bertz CT molecular complexity index is 1040. The number of benzene rings is 1. The van der Waals surface area contributed by atoms with E-state index in [1.807, 2.05) is 0 Å². The molecule has 0 spiro atoms. The Balaban J connectivity index is 1.37. The summed E-state index contributed by atoms with van der Waals surface area (Å²) in [5.74, 6) is -4.74. The van der Waals surface area contributed by atoms with Gasteiger partial charge in [0.15, 0.2) is 5.69 Å². The number of alkyl halides is 2. The molecule has 1 aromatic carbocycles. The van der Waals surface area contributed by atoms with Crippen LogP contribution in [0.3, 0.4) is 0 Å². The number of likely N-dealkylation sites (tertiary alicyclic amines) is 1. The molecule has 6 nitrogen and oxygen atoms in total. The van der Waals surface area contributed by atoms with Gasteiger partial charge in [0.05, 0.1) is 4.88 Å². The maximum Gasteiger partial charge on any atom is 0.358 e. The number of oxazole rings is 1. The lowest BCUT2D eigenvalue weighted by atomic mass is 10.1. The molecule has 1 fully saturated rings. The van der Waals surface area contributed by atoms with Crippen LogP contribution in [-0.2, 0) is 17.3 Å². The molecule has 1 saturated heterocycles. The molecule has 31 heavy (non-hydrogen) atoms. The van der Waals surface area contributed by atoms with Gasteiger partial charge in [0.25, 0.3) is 11.8 Å². The zero-order valence-electron chi connectivity index (χ0n) is 16.6. The highest BCUT2D eigenvalue weighted by Gasteiger charge is 2.41. The number of nitrogens with zero attached hydrogens (tertiary/aromatic N) is 2. The summed E-state index contributed by atoms with van der Waals surface area (Å²) >= 11 is 0.837. The van der Waals surface area contributed by atoms with E-state index < -0.39 is 11.8 Å². The summed E-state index contributed by atoms with van der Waals surface area (Å²) in [7, 11) is 0. The Morgan fingerprint density at radius 2 is 1.87 bits per heavy atom. The van der Waals surface area contributed by atoms with Gasteiger partial charge in [-0.25, -0.2) is 4.98 Å². The van der Waals surface area contributed by atoms with E-state index in [1.54, 1.807) is 29.2 Å².